The molecule has 4 heterocycles. The van der Waals surface area contributed by atoms with E-state index in [0.717, 1.165) is 15.7 Å². The first-order valence-electron chi connectivity index (χ1n) is 14.6. The van der Waals surface area contributed by atoms with Crippen LogP contribution in [0.15, 0.2) is 104 Å². The average molecular weight is 740 g/mol. The Morgan fingerprint density at radius 3 is 1.98 bits per heavy atom. The summed E-state index contributed by atoms with van der Waals surface area (Å²) in [6, 6.07) is 20.9. The Labute approximate surface area is 325 Å². The summed E-state index contributed by atoms with van der Waals surface area (Å²) in [5, 5.41) is 13.0. The molecule has 0 aliphatic carbocycles. The molecule has 0 atom stereocenters. The molecule has 8 rings (SSSR count). The van der Waals surface area contributed by atoms with Crippen molar-refractivity contribution in [1.82, 2.24) is 0 Å². The molecule has 50 heavy (non-hydrogen) atoms. The first-order valence-corrected chi connectivity index (χ1v) is 17.8. The molecule has 0 saturated carbocycles. The van der Waals surface area contributed by atoms with Gasteiger partial charge in [-0.1, -0.05) is 36.4 Å². The standard InChI is InChI=1S/C34H23NO12S2.K/c36-34(37)11-18(9-28-24(16-48(38,39)40)23-13-29-21(12-30(23)46-28)19-5-1-3-7-26(19)44-29)10-33-35(17-49(41,42)43)25-15-31-22(14-32(25)47-33)20-6-2-4-8-27(20)45-31;/h1-10,12-15H,11,16-17H2,(H,36,37)(H,38,39,40)(H,41,42,43);/q;+1/p-1/b18-9+,33-10+;. The Morgan fingerprint density at radius 2 is 1.36 bits per heavy atom. The van der Waals surface area contributed by atoms with Gasteiger partial charge < -0.3 is 27.6 Å². The van der Waals surface area contributed by atoms with Gasteiger partial charge in [0.25, 0.3) is 10.1 Å². The molecule has 1 aliphatic rings. The number of nitrogens with zero attached hydrogens (tertiary/aromatic N) is 1. The fourth-order valence-corrected chi connectivity index (χ4v) is 7.44. The molecule has 0 spiro atoms. The largest absolute Gasteiger partial charge is 1.00 e. The van der Waals surface area contributed by atoms with Crippen LogP contribution in [0.4, 0.5) is 5.69 Å². The molecule has 0 saturated heterocycles. The number of rotatable bonds is 8. The maximum Gasteiger partial charge on any atom is 1.00 e. The van der Waals surface area contributed by atoms with E-state index in [0.29, 0.717) is 38.5 Å². The predicted molar refractivity (Wildman–Crippen MR) is 178 cm³/mol. The summed E-state index contributed by atoms with van der Waals surface area (Å²) < 4.78 is 94.2. The number of benzene rings is 4. The van der Waals surface area contributed by atoms with Gasteiger partial charge in [0.2, 0.25) is 5.88 Å². The van der Waals surface area contributed by atoms with Gasteiger partial charge in [0.15, 0.2) is 5.75 Å². The minimum atomic E-state index is -4.89. The van der Waals surface area contributed by atoms with Crippen LogP contribution in [0.1, 0.15) is 17.7 Å². The third kappa shape index (κ3) is 6.49. The molecule has 3 aromatic heterocycles. The van der Waals surface area contributed by atoms with E-state index in [2.05, 4.69) is 0 Å². The molecule has 7 aromatic rings. The first-order chi connectivity index (χ1) is 23.3. The van der Waals surface area contributed by atoms with Crippen molar-refractivity contribution in [3.05, 3.63) is 102 Å². The van der Waals surface area contributed by atoms with Gasteiger partial charge in [0.1, 0.15) is 55.4 Å². The van der Waals surface area contributed by atoms with Gasteiger partial charge in [0, 0.05) is 44.6 Å². The Morgan fingerprint density at radius 1 is 0.780 bits per heavy atom. The number of hydrogen-bond donors (Lipinski definition) is 2. The number of hydrogen-bond acceptors (Lipinski definition) is 11. The van der Waals surface area contributed by atoms with Crippen LogP contribution in [0.5, 0.6) is 5.75 Å². The van der Waals surface area contributed by atoms with Crippen molar-refractivity contribution in [2.45, 2.75) is 12.2 Å². The third-order valence-electron chi connectivity index (χ3n) is 8.15. The van der Waals surface area contributed by atoms with Gasteiger partial charge in [-0.25, -0.2) is 8.42 Å². The smallest absolute Gasteiger partial charge is 0.747 e. The van der Waals surface area contributed by atoms with Gasteiger partial charge in [-0.2, -0.15) is 8.42 Å². The maximum absolute atomic E-state index is 12.1. The Kier molecular flexibility index (Phi) is 8.73. The second-order valence-corrected chi connectivity index (χ2v) is 14.3. The van der Waals surface area contributed by atoms with Crippen LogP contribution < -0.4 is 61.0 Å². The van der Waals surface area contributed by atoms with Crippen molar-refractivity contribution in [3.63, 3.8) is 0 Å². The number of furan rings is 3. The number of carbonyl (C=O) groups is 1. The first kappa shape index (κ1) is 34.5. The molecule has 4 aromatic carbocycles. The summed E-state index contributed by atoms with van der Waals surface area (Å²) in [5.41, 5.74) is 2.46. The van der Waals surface area contributed by atoms with Crippen molar-refractivity contribution < 1.29 is 105 Å². The van der Waals surface area contributed by atoms with Gasteiger partial charge in [0.05, 0.1) is 12.1 Å². The van der Waals surface area contributed by atoms with E-state index in [1.165, 1.54) is 18.2 Å². The molecular weight excluding hydrogens is 718 g/mol. The minimum absolute atomic E-state index is 0. The molecule has 1 aliphatic heterocycles. The van der Waals surface area contributed by atoms with Crippen molar-refractivity contribution in [1.29, 1.82) is 0 Å². The number of anilines is 1. The SMILES string of the molecule is O=C(O)CC(=C/c1oc2cc3c(cc2c1CS(=O)(=O)O)oc1ccccc13)/C=C1/Oc2cc3c(cc2N1CS(=O)(=O)[O-])oc1ccccc13.[K+]. The number of para-hydroxylation sites is 2. The molecule has 0 bridgehead atoms. The number of carboxylic acid groups (broad SMARTS) is 1. The number of ether oxygens (including phenoxy) is 1. The second kappa shape index (κ2) is 12.7. The Hall–Kier alpha value is -3.97. The van der Waals surface area contributed by atoms with Crippen LogP contribution in [0.25, 0.3) is 60.9 Å². The number of aliphatic carboxylic acids is 1. The van der Waals surface area contributed by atoms with E-state index in [1.807, 2.05) is 24.3 Å². The molecule has 0 radical (unpaired) electrons. The fourth-order valence-electron chi connectivity index (χ4n) is 6.20. The topological polar surface area (TPSA) is 201 Å². The average Bonchev–Trinajstić information content (AvgIpc) is 3.74. The Balaban J connectivity index is 0.00000392. The van der Waals surface area contributed by atoms with Crippen LogP contribution in [0.2, 0.25) is 0 Å². The fraction of sp³-hybridized carbons (Fsp3) is 0.0882. The molecule has 248 valence electrons. The summed E-state index contributed by atoms with van der Waals surface area (Å²) in [4.78, 5) is 13.1. The van der Waals surface area contributed by atoms with Crippen LogP contribution in [0.3, 0.4) is 0 Å². The van der Waals surface area contributed by atoms with E-state index >= 15 is 0 Å². The molecule has 0 amide bonds. The Bertz CT molecular complexity index is 2830. The van der Waals surface area contributed by atoms with Gasteiger partial charge in [-0.05, 0) is 42.0 Å². The monoisotopic (exact) mass is 739 g/mol. The van der Waals surface area contributed by atoms with E-state index in [-0.39, 0.29) is 91.2 Å². The zero-order valence-corrected chi connectivity index (χ0v) is 30.7. The number of allylic oxidation sites excluding steroid dienone is 1. The van der Waals surface area contributed by atoms with Crippen molar-refractivity contribution in [2.24, 2.45) is 0 Å². The van der Waals surface area contributed by atoms with Crippen molar-refractivity contribution >= 4 is 92.8 Å². The summed E-state index contributed by atoms with van der Waals surface area (Å²) in [6.45, 7) is 0. The predicted octanol–water partition coefficient (Wildman–Crippen LogP) is 3.72. The normalized spacial score (nSPS) is 14.6. The molecule has 13 nitrogen and oxygen atoms in total. The van der Waals surface area contributed by atoms with E-state index in [4.69, 9.17) is 18.0 Å². The molecule has 0 fully saturated rings. The zero-order chi connectivity index (χ0) is 34.2. The summed E-state index contributed by atoms with van der Waals surface area (Å²) in [6.07, 6.45) is 1.84. The van der Waals surface area contributed by atoms with E-state index in [9.17, 15) is 35.8 Å². The summed E-state index contributed by atoms with van der Waals surface area (Å²) in [7, 11) is -9.50. The summed E-state index contributed by atoms with van der Waals surface area (Å²) in [5.74, 6) is -3.29. The molecular formula is C34H22KNO12S2. The number of carboxylic acids is 1. The van der Waals surface area contributed by atoms with Crippen LogP contribution in [-0.4, -0.2) is 42.9 Å². The van der Waals surface area contributed by atoms with E-state index in [1.54, 1.807) is 42.5 Å². The van der Waals surface area contributed by atoms with Gasteiger partial charge in [-0.3, -0.25) is 14.2 Å². The zero-order valence-electron chi connectivity index (χ0n) is 25.9. The summed E-state index contributed by atoms with van der Waals surface area (Å²) >= 11 is 0. The second-order valence-electron chi connectivity index (χ2n) is 11.5. The molecule has 0 unspecified atom stereocenters. The van der Waals surface area contributed by atoms with Gasteiger partial charge >= 0.3 is 57.4 Å². The van der Waals surface area contributed by atoms with Crippen LogP contribution in [0, 0.1) is 0 Å². The third-order valence-corrected chi connectivity index (χ3v) is 9.37. The quantitative estimate of drug-likeness (QED) is 0.169. The molecule has 2 N–H and O–H groups in total. The van der Waals surface area contributed by atoms with Crippen LogP contribution in [-0.2, 0) is 30.8 Å². The maximum atomic E-state index is 12.1. The van der Waals surface area contributed by atoms with Gasteiger partial charge in [-0.15, -0.1) is 0 Å². The van der Waals surface area contributed by atoms with Crippen LogP contribution >= 0.6 is 0 Å². The number of fused-ring (bicyclic) bond motifs is 8. The van der Waals surface area contributed by atoms with Crippen molar-refractivity contribution in [2.75, 3.05) is 10.8 Å². The molecule has 16 heteroatoms. The van der Waals surface area contributed by atoms with E-state index < -0.39 is 44.3 Å². The minimum Gasteiger partial charge on any atom is -0.747 e. The van der Waals surface area contributed by atoms with Crippen molar-refractivity contribution in [3.8, 4) is 5.75 Å².